The lowest BCUT2D eigenvalue weighted by molar-refractivity contribution is -0.150. The number of hydrogen-bond donors (Lipinski definition) is 2. The van der Waals surface area contributed by atoms with Gasteiger partial charge in [-0.3, -0.25) is 14.4 Å². The molecule has 2 N–H and O–H groups in total. The molecule has 1 spiro atoms. The van der Waals surface area contributed by atoms with Crippen molar-refractivity contribution in [3.8, 4) is 5.75 Å². The Bertz CT molecular complexity index is 1860. The molecule has 0 aliphatic carbocycles. The summed E-state index contributed by atoms with van der Waals surface area (Å²) in [7, 11) is 1.57. The van der Waals surface area contributed by atoms with Crippen molar-refractivity contribution in [3.63, 3.8) is 0 Å². The minimum absolute atomic E-state index is 0.115. The van der Waals surface area contributed by atoms with Crippen molar-refractivity contribution >= 4 is 29.1 Å². The SMILES string of the molecule is COc1ccc(C(=O)Nc2ccc(CN3C(=O)[C@]4(O[C@H](CC(=O)N(CCO)Cc5ccccc5)[C@@H](C(C)(C)F)[C@@H]4C)c4ccccc43)cc2)cc1. The summed E-state index contributed by atoms with van der Waals surface area (Å²) < 4.78 is 28.1. The van der Waals surface area contributed by atoms with Gasteiger partial charge in [-0.15, -0.1) is 0 Å². The van der Waals surface area contributed by atoms with Crippen molar-refractivity contribution in [1.29, 1.82) is 0 Å². The molecule has 4 aromatic carbocycles. The van der Waals surface area contributed by atoms with E-state index in [2.05, 4.69) is 5.32 Å². The number of nitrogens with zero attached hydrogens (tertiary/aromatic N) is 2. The van der Waals surface area contributed by atoms with Gasteiger partial charge in [-0.05, 0) is 67.4 Å². The van der Waals surface area contributed by atoms with Crippen LogP contribution in [0.1, 0.15) is 54.2 Å². The van der Waals surface area contributed by atoms with Gasteiger partial charge in [0.15, 0.2) is 5.60 Å². The van der Waals surface area contributed by atoms with Crippen LogP contribution in [0.4, 0.5) is 15.8 Å². The van der Waals surface area contributed by atoms with Gasteiger partial charge in [0, 0.05) is 41.7 Å². The van der Waals surface area contributed by atoms with Crippen LogP contribution in [0.15, 0.2) is 103 Å². The van der Waals surface area contributed by atoms with Gasteiger partial charge >= 0.3 is 0 Å². The molecule has 1 saturated heterocycles. The van der Waals surface area contributed by atoms with E-state index in [-0.39, 0.29) is 50.4 Å². The molecule has 0 aromatic heterocycles. The summed E-state index contributed by atoms with van der Waals surface area (Å²) in [5, 5.41) is 12.7. The van der Waals surface area contributed by atoms with Crippen molar-refractivity contribution in [2.24, 2.45) is 11.8 Å². The highest BCUT2D eigenvalue weighted by atomic mass is 19.1. The lowest BCUT2D eigenvalue weighted by Gasteiger charge is -2.32. The number of benzene rings is 4. The third kappa shape index (κ3) is 7.11. The van der Waals surface area contributed by atoms with E-state index in [9.17, 15) is 19.5 Å². The molecule has 2 aliphatic heterocycles. The van der Waals surface area contributed by atoms with E-state index in [1.54, 1.807) is 53.3 Å². The first-order chi connectivity index (χ1) is 24.5. The van der Waals surface area contributed by atoms with E-state index >= 15 is 4.39 Å². The van der Waals surface area contributed by atoms with E-state index in [1.165, 1.54) is 13.8 Å². The molecule has 2 aliphatic rings. The van der Waals surface area contributed by atoms with Crippen LogP contribution in [0, 0.1) is 11.8 Å². The number of nitrogens with one attached hydrogen (secondary N) is 1. The molecule has 0 radical (unpaired) electrons. The van der Waals surface area contributed by atoms with Crippen LogP contribution >= 0.6 is 0 Å². The molecule has 6 rings (SSSR count). The second-order valence-electron chi connectivity index (χ2n) is 13.8. The minimum atomic E-state index is -1.77. The molecule has 3 amide bonds. The average molecular weight is 694 g/mol. The number of rotatable bonds is 12. The summed E-state index contributed by atoms with van der Waals surface area (Å²) in [5.74, 6) is -1.59. The largest absolute Gasteiger partial charge is 0.497 e. The first-order valence-corrected chi connectivity index (χ1v) is 17.2. The molecular weight excluding hydrogens is 649 g/mol. The highest BCUT2D eigenvalue weighted by Gasteiger charge is 2.66. The molecule has 266 valence electrons. The normalized spacial score (nSPS) is 21.1. The number of methoxy groups -OCH3 is 1. The smallest absolute Gasteiger partial charge is 0.264 e. The molecule has 2 heterocycles. The predicted molar refractivity (Wildman–Crippen MR) is 193 cm³/mol. The minimum Gasteiger partial charge on any atom is -0.497 e. The summed E-state index contributed by atoms with van der Waals surface area (Å²) in [6.07, 6.45) is -1.04. The van der Waals surface area contributed by atoms with Crippen LogP contribution in [0.2, 0.25) is 0 Å². The number of hydrogen-bond acceptors (Lipinski definition) is 6. The zero-order valence-electron chi connectivity index (χ0n) is 29.3. The van der Waals surface area contributed by atoms with E-state index in [0.29, 0.717) is 28.3 Å². The fraction of sp³-hybridized carbons (Fsp3) is 0.341. The number of fused-ring (bicyclic) bond motifs is 2. The Morgan fingerprint density at radius 2 is 1.63 bits per heavy atom. The molecular formula is C41H44FN3O6. The Kier molecular flexibility index (Phi) is 10.3. The lowest BCUT2D eigenvalue weighted by Crippen LogP contribution is -2.45. The topological polar surface area (TPSA) is 108 Å². The summed E-state index contributed by atoms with van der Waals surface area (Å²) in [4.78, 5) is 44.5. The Hall–Kier alpha value is -5.06. The van der Waals surface area contributed by atoms with Gasteiger partial charge in [0.05, 0.1) is 38.5 Å². The molecule has 4 aromatic rings. The standard InChI is InChI=1S/C41H44FN3O6/c1-27-37(40(2,3)42)35(24-36(47)44(22-23-46)25-28-10-6-5-7-11-28)51-41(27)33-12-8-9-13-34(33)45(39(41)49)26-29-14-18-31(19-15-29)43-38(48)30-16-20-32(50-4)21-17-30/h5-21,27,35,37,46H,22-26H2,1-4H3,(H,43,48)/t27-,35+,37-,41+/m0/s1. The van der Waals surface area contributed by atoms with Gasteiger partial charge in [0.1, 0.15) is 11.4 Å². The number of carbonyl (C=O) groups is 3. The quantitative estimate of drug-likeness (QED) is 0.176. The van der Waals surface area contributed by atoms with E-state index in [0.717, 1.165) is 11.1 Å². The number of amides is 3. The number of carbonyl (C=O) groups excluding carboxylic acids is 3. The number of alkyl halides is 1. The number of halogens is 1. The Morgan fingerprint density at radius 1 is 0.961 bits per heavy atom. The molecule has 1 fully saturated rings. The number of ether oxygens (including phenoxy) is 2. The maximum Gasteiger partial charge on any atom is 0.264 e. The van der Waals surface area contributed by atoms with Crippen molar-refractivity contribution in [2.75, 3.05) is 30.5 Å². The summed E-state index contributed by atoms with van der Waals surface area (Å²) in [5.41, 5.74) is 0.848. The maximum atomic E-state index is 16.2. The number of aliphatic hydroxyl groups excluding tert-OH is 1. The highest BCUT2D eigenvalue weighted by Crippen LogP contribution is 2.58. The van der Waals surface area contributed by atoms with Crippen LogP contribution in [-0.2, 0) is 33.0 Å². The van der Waals surface area contributed by atoms with E-state index in [1.807, 2.05) is 73.7 Å². The van der Waals surface area contributed by atoms with Crippen LogP contribution in [-0.4, -0.2) is 59.8 Å². The Balaban J connectivity index is 1.23. The van der Waals surface area contributed by atoms with Gasteiger partial charge in [0.25, 0.3) is 11.8 Å². The van der Waals surface area contributed by atoms with Crippen molar-refractivity contribution in [1.82, 2.24) is 4.90 Å². The van der Waals surface area contributed by atoms with Crippen LogP contribution in [0.5, 0.6) is 5.75 Å². The third-order valence-corrected chi connectivity index (χ3v) is 10.1. The Morgan fingerprint density at radius 3 is 2.27 bits per heavy atom. The van der Waals surface area contributed by atoms with Crippen molar-refractivity contribution < 1.29 is 33.4 Å². The fourth-order valence-electron chi connectivity index (χ4n) is 7.70. The first kappa shape index (κ1) is 35.8. The molecule has 9 nitrogen and oxygen atoms in total. The fourth-order valence-corrected chi connectivity index (χ4v) is 7.70. The molecule has 0 bridgehead atoms. The Labute approximate surface area is 298 Å². The third-order valence-electron chi connectivity index (χ3n) is 10.1. The zero-order valence-corrected chi connectivity index (χ0v) is 29.3. The van der Waals surface area contributed by atoms with Crippen LogP contribution in [0.25, 0.3) is 0 Å². The van der Waals surface area contributed by atoms with Gasteiger partial charge in [-0.1, -0.05) is 67.6 Å². The van der Waals surface area contributed by atoms with Gasteiger partial charge in [-0.25, -0.2) is 4.39 Å². The van der Waals surface area contributed by atoms with Crippen LogP contribution in [0.3, 0.4) is 0 Å². The van der Waals surface area contributed by atoms with Gasteiger partial charge in [-0.2, -0.15) is 0 Å². The maximum absolute atomic E-state index is 16.2. The summed E-state index contributed by atoms with van der Waals surface area (Å²) >= 11 is 0. The second-order valence-corrected chi connectivity index (χ2v) is 13.8. The molecule has 0 saturated carbocycles. The predicted octanol–water partition coefficient (Wildman–Crippen LogP) is 6.50. The molecule has 10 heteroatoms. The number of para-hydroxylation sites is 1. The number of aliphatic hydroxyl groups is 1. The molecule has 51 heavy (non-hydrogen) atoms. The average Bonchev–Trinajstić information content (AvgIpc) is 3.55. The first-order valence-electron chi connectivity index (χ1n) is 17.2. The monoisotopic (exact) mass is 693 g/mol. The van der Waals surface area contributed by atoms with Gasteiger partial charge < -0.3 is 29.7 Å². The summed E-state index contributed by atoms with van der Waals surface area (Å²) in [6, 6.07) is 30.9. The zero-order chi connectivity index (χ0) is 36.3. The van der Waals surface area contributed by atoms with Crippen molar-refractivity contribution in [2.45, 2.75) is 57.7 Å². The van der Waals surface area contributed by atoms with Crippen LogP contribution < -0.4 is 15.0 Å². The lowest BCUT2D eigenvalue weighted by atomic mass is 9.71. The van der Waals surface area contributed by atoms with E-state index in [4.69, 9.17) is 9.47 Å². The highest BCUT2D eigenvalue weighted by molar-refractivity contribution is 6.07. The van der Waals surface area contributed by atoms with E-state index < -0.39 is 29.2 Å². The number of anilines is 2. The summed E-state index contributed by atoms with van der Waals surface area (Å²) in [6.45, 7) is 5.18. The second kappa shape index (κ2) is 14.7. The van der Waals surface area contributed by atoms with Gasteiger partial charge in [0.2, 0.25) is 5.91 Å². The van der Waals surface area contributed by atoms with Crippen molar-refractivity contribution in [3.05, 3.63) is 125 Å². The molecule has 4 atom stereocenters. The molecule has 0 unspecified atom stereocenters.